The molecule has 0 saturated heterocycles. The lowest BCUT2D eigenvalue weighted by molar-refractivity contribution is 1.36. The molecule has 84 valence electrons. The molecule has 0 amide bonds. The Labute approximate surface area is 107 Å². The van der Waals surface area contributed by atoms with Crippen LogP contribution in [0.3, 0.4) is 0 Å². The van der Waals surface area contributed by atoms with E-state index in [0.717, 1.165) is 0 Å². The minimum atomic E-state index is 1.20. The van der Waals surface area contributed by atoms with Gasteiger partial charge in [0.1, 0.15) is 0 Å². The van der Waals surface area contributed by atoms with Gasteiger partial charge in [-0.1, -0.05) is 36.6 Å². The summed E-state index contributed by atoms with van der Waals surface area (Å²) in [6.45, 7) is 5.75. The molecule has 1 aromatic rings. The van der Waals surface area contributed by atoms with Gasteiger partial charge in [0.25, 0.3) is 0 Å². The molecule has 0 atom stereocenters. The Morgan fingerprint density at radius 2 is 1.81 bits per heavy atom. The second-order valence-corrected chi connectivity index (χ2v) is 5.11. The highest BCUT2D eigenvalue weighted by atomic mass is 32.2. The fourth-order valence-corrected chi connectivity index (χ4v) is 2.50. The van der Waals surface area contributed by atoms with Gasteiger partial charge in [-0.2, -0.15) is 0 Å². The summed E-state index contributed by atoms with van der Waals surface area (Å²) in [7, 11) is 0. The molecule has 0 N–H and O–H groups in total. The number of hydrogen-bond acceptors (Lipinski definition) is 2. The second kappa shape index (κ2) is 7.42. The molecule has 1 rings (SSSR count). The number of thioether (sulfide) groups is 2. The van der Waals surface area contributed by atoms with E-state index in [9.17, 15) is 0 Å². The summed E-state index contributed by atoms with van der Waals surface area (Å²) in [6.07, 6.45) is 10.1. The zero-order valence-corrected chi connectivity index (χ0v) is 11.3. The molecule has 1 aromatic carbocycles. The van der Waals surface area contributed by atoms with E-state index in [1.165, 1.54) is 14.7 Å². The van der Waals surface area contributed by atoms with Gasteiger partial charge in [0.2, 0.25) is 0 Å². The monoisotopic (exact) mass is 248 g/mol. The zero-order valence-electron chi connectivity index (χ0n) is 9.64. The van der Waals surface area contributed by atoms with E-state index in [2.05, 4.69) is 43.2 Å². The third kappa shape index (κ3) is 4.33. The Balaban J connectivity index is 2.77. The SMILES string of the molecule is C=C/C=C(\C=C/C)Sc1ccc(SC)cc1. The van der Waals surface area contributed by atoms with Gasteiger partial charge in [-0.25, -0.2) is 0 Å². The van der Waals surface area contributed by atoms with Crippen molar-refractivity contribution in [3.05, 3.63) is 60.1 Å². The number of rotatable bonds is 5. The molecule has 0 radical (unpaired) electrons. The first-order valence-corrected chi connectivity index (χ1v) is 7.11. The van der Waals surface area contributed by atoms with Gasteiger partial charge in [-0.15, -0.1) is 11.8 Å². The third-order valence-corrected chi connectivity index (χ3v) is 3.67. The smallest absolute Gasteiger partial charge is 0.0123 e. The lowest BCUT2D eigenvalue weighted by Crippen LogP contribution is -1.74. The van der Waals surface area contributed by atoms with E-state index in [-0.39, 0.29) is 0 Å². The summed E-state index contributed by atoms with van der Waals surface area (Å²) >= 11 is 3.51. The predicted octanol–water partition coefficient (Wildman–Crippen LogP) is 5.15. The average molecular weight is 248 g/mol. The van der Waals surface area contributed by atoms with Crippen molar-refractivity contribution in [3.63, 3.8) is 0 Å². The summed E-state index contributed by atoms with van der Waals surface area (Å²) in [5.74, 6) is 0. The van der Waals surface area contributed by atoms with Gasteiger partial charge < -0.3 is 0 Å². The minimum absolute atomic E-state index is 1.20. The first-order chi connectivity index (χ1) is 7.80. The molecule has 16 heavy (non-hydrogen) atoms. The Morgan fingerprint density at radius 3 is 2.31 bits per heavy atom. The molecule has 0 aliphatic carbocycles. The fraction of sp³-hybridized carbons (Fsp3) is 0.143. The van der Waals surface area contributed by atoms with E-state index in [1.807, 2.05) is 25.2 Å². The van der Waals surface area contributed by atoms with E-state index in [0.29, 0.717) is 0 Å². The maximum Gasteiger partial charge on any atom is 0.0123 e. The van der Waals surface area contributed by atoms with Gasteiger partial charge in [0.15, 0.2) is 0 Å². The van der Waals surface area contributed by atoms with Gasteiger partial charge in [-0.05, 0) is 43.5 Å². The number of allylic oxidation sites excluding steroid dienone is 4. The molecule has 0 unspecified atom stereocenters. The van der Waals surface area contributed by atoms with Crippen LogP contribution in [0.15, 0.2) is 69.8 Å². The Bertz CT molecular complexity index is 386. The van der Waals surface area contributed by atoms with Crippen molar-refractivity contribution >= 4 is 23.5 Å². The van der Waals surface area contributed by atoms with Crippen LogP contribution in [0, 0.1) is 0 Å². The molecule has 0 saturated carbocycles. The Kier molecular flexibility index (Phi) is 6.12. The summed E-state index contributed by atoms with van der Waals surface area (Å²) < 4.78 is 0. The number of hydrogen-bond donors (Lipinski definition) is 0. The van der Waals surface area contributed by atoms with Crippen LogP contribution in [0.2, 0.25) is 0 Å². The lowest BCUT2D eigenvalue weighted by atomic mass is 10.4. The fourth-order valence-electron chi connectivity index (χ4n) is 1.18. The van der Waals surface area contributed by atoms with Crippen LogP contribution in [0.5, 0.6) is 0 Å². The predicted molar refractivity (Wildman–Crippen MR) is 77.2 cm³/mol. The summed E-state index contributed by atoms with van der Waals surface area (Å²) in [5, 5.41) is 0. The van der Waals surface area contributed by atoms with Crippen LogP contribution in [-0.4, -0.2) is 6.26 Å². The van der Waals surface area contributed by atoms with Crippen LogP contribution >= 0.6 is 23.5 Å². The highest BCUT2D eigenvalue weighted by molar-refractivity contribution is 8.03. The average Bonchev–Trinajstić information content (AvgIpc) is 2.31. The summed E-state index contributed by atoms with van der Waals surface area (Å²) in [5.41, 5.74) is 0. The van der Waals surface area contributed by atoms with Crippen molar-refractivity contribution in [2.75, 3.05) is 6.26 Å². The van der Waals surface area contributed by atoms with Gasteiger partial charge in [0.05, 0.1) is 0 Å². The number of benzene rings is 1. The van der Waals surface area contributed by atoms with Crippen LogP contribution in [0.1, 0.15) is 6.92 Å². The largest absolute Gasteiger partial charge is 0.130 e. The third-order valence-electron chi connectivity index (χ3n) is 1.91. The second-order valence-electron chi connectivity index (χ2n) is 3.08. The molecule has 0 aliphatic rings. The molecule has 0 aromatic heterocycles. The van der Waals surface area contributed by atoms with Crippen LogP contribution in [0.4, 0.5) is 0 Å². The minimum Gasteiger partial charge on any atom is -0.130 e. The maximum absolute atomic E-state index is 3.72. The van der Waals surface area contributed by atoms with E-state index >= 15 is 0 Å². The molecular weight excluding hydrogens is 232 g/mol. The summed E-state index contributed by atoms with van der Waals surface area (Å²) in [6, 6.07) is 8.59. The highest BCUT2D eigenvalue weighted by Crippen LogP contribution is 2.29. The topological polar surface area (TPSA) is 0 Å². The van der Waals surface area contributed by atoms with Gasteiger partial charge in [-0.3, -0.25) is 0 Å². The molecule has 0 aliphatic heterocycles. The summed E-state index contributed by atoms with van der Waals surface area (Å²) in [4.78, 5) is 3.75. The lowest BCUT2D eigenvalue weighted by Gasteiger charge is -2.02. The zero-order chi connectivity index (χ0) is 11.8. The molecule has 2 heteroatoms. The van der Waals surface area contributed by atoms with Crippen LogP contribution in [-0.2, 0) is 0 Å². The van der Waals surface area contributed by atoms with Crippen molar-refractivity contribution in [1.82, 2.24) is 0 Å². The maximum atomic E-state index is 3.72. The molecule has 0 bridgehead atoms. The molecule has 0 heterocycles. The van der Waals surface area contributed by atoms with E-state index in [4.69, 9.17) is 0 Å². The Morgan fingerprint density at radius 1 is 1.19 bits per heavy atom. The standard InChI is InChI=1S/C14H16S2/c1-4-6-13(7-5-2)16-14-10-8-12(15-3)9-11-14/h4-11H,1H2,2-3H3/b7-5-,13-6+. The van der Waals surface area contributed by atoms with E-state index in [1.54, 1.807) is 23.5 Å². The quantitative estimate of drug-likeness (QED) is 0.522. The van der Waals surface area contributed by atoms with Crippen molar-refractivity contribution in [1.29, 1.82) is 0 Å². The van der Waals surface area contributed by atoms with E-state index < -0.39 is 0 Å². The highest BCUT2D eigenvalue weighted by Gasteiger charge is 1.97. The van der Waals surface area contributed by atoms with Crippen molar-refractivity contribution in [2.24, 2.45) is 0 Å². The molecular formula is C14H16S2. The molecule has 0 spiro atoms. The molecule has 0 nitrogen and oxygen atoms in total. The van der Waals surface area contributed by atoms with Crippen LogP contribution in [0.25, 0.3) is 0 Å². The van der Waals surface area contributed by atoms with Gasteiger partial charge >= 0.3 is 0 Å². The van der Waals surface area contributed by atoms with Crippen LogP contribution < -0.4 is 0 Å². The normalized spacial score (nSPS) is 12.0. The Hall–Kier alpha value is -0.860. The van der Waals surface area contributed by atoms with Crippen molar-refractivity contribution in [2.45, 2.75) is 16.7 Å². The molecule has 0 fully saturated rings. The first kappa shape index (κ1) is 13.2. The van der Waals surface area contributed by atoms with Crippen molar-refractivity contribution in [3.8, 4) is 0 Å². The van der Waals surface area contributed by atoms with Crippen molar-refractivity contribution < 1.29 is 0 Å². The first-order valence-electron chi connectivity index (χ1n) is 5.07. The van der Waals surface area contributed by atoms with Gasteiger partial charge in [0, 0.05) is 14.7 Å².